The van der Waals surface area contributed by atoms with E-state index in [-0.39, 0.29) is 68.0 Å². The van der Waals surface area contributed by atoms with Crippen LogP contribution in [0.3, 0.4) is 0 Å². The maximum absolute atomic E-state index is 12.1. The Morgan fingerprint density at radius 2 is 0.775 bits per heavy atom. The zero-order valence-electron chi connectivity index (χ0n) is 53.1. The molecule has 2 heterocycles. The Bertz CT molecular complexity index is 3240. The fourth-order valence-electron chi connectivity index (χ4n) is 5.72. The van der Waals surface area contributed by atoms with Crippen molar-refractivity contribution in [3.63, 3.8) is 0 Å². The van der Waals surface area contributed by atoms with Crippen LogP contribution in [-0.4, -0.2) is 41.8 Å². The average molecular weight is 1320 g/mol. The number of nitrogens with zero attached hydrogens (tertiary/aromatic N) is 7. The summed E-state index contributed by atoms with van der Waals surface area (Å²) in [6.07, 6.45) is 11.9. The van der Waals surface area contributed by atoms with Crippen LogP contribution < -0.4 is 5.73 Å². The third kappa shape index (κ3) is 40.9. The van der Waals surface area contributed by atoms with Crippen LogP contribution in [0.15, 0.2) is 150 Å². The summed E-state index contributed by atoms with van der Waals surface area (Å²) in [4.78, 5) is 49.3. The van der Waals surface area contributed by atoms with E-state index in [1.807, 2.05) is 159 Å². The predicted octanol–water partition coefficient (Wildman–Crippen LogP) is 22.2. The van der Waals surface area contributed by atoms with Crippen molar-refractivity contribution < 1.29 is 29.0 Å². The van der Waals surface area contributed by atoms with Crippen molar-refractivity contribution in [1.29, 1.82) is 0 Å². The molecule has 0 unspecified atom stereocenters. The van der Waals surface area contributed by atoms with Crippen molar-refractivity contribution in [3.8, 4) is 24.3 Å². The number of hydrogen-bond donors (Lipinski definition) is 1. The zero-order chi connectivity index (χ0) is 67.2. The molecule has 18 nitrogen and oxygen atoms in total. The Hall–Kier alpha value is -9.05. The van der Waals surface area contributed by atoms with Gasteiger partial charge < -0.3 is 14.9 Å². The highest BCUT2D eigenvalue weighted by molar-refractivity contribution is 9.10. The number of terminal acetylenes is 1. The van der Waals surface area contributed by atoms with Gasteiger partial charge in [-0.2, -0.15) is 0 Å². The van der Waals surface area contributed by atoms with E-state index >= 15 is 0 Å². The summed E-state index contributed by atoms with van der Waals surface area (Å²) in [6, 6.07) is 35.0. The minimum absolute atomic E-state index is 0. The fourth-order valence-corrected chi connectivity index (χ4v) is 6.60. The highest BCUT2D eigenvalue weighted by Gasteiger charge is 2.11. The van der Waals surface area contributed by atoms with Gasteiger partial charge in [0.1, 0.15) is 13.9 Å². The second-order valence-electron chi connectivity index (χ2n) is 16.4. The summed E-state index contributed by atoms with van der Waals surface area (Å²) in [5, 5.41) is 53.5. The number of non-ortho nitro benzene ring substituents is 5. The molecule has 8 aromatic rings. The van der Waals surface area contributed by atoms with E-state index in [0.29, 0.717) is 0 Å². The van der Waals surface area contributed by atoms with E-state index < -0.39 is 28.7 Å². The molecule has 2 N–H and O–H groups in total. The molecule has 0 fully saturated rings. The highest BCUT2D eigenvalue weighted by atomic mass is 79.9. The minimum atomic E-state index is -1.44. The van der Waals surface area contributed by atoms with Crippen LogP contribution in [-0.2, 0) is 14.1 Å². The normalized spacial score (nSPS) is 8.45. The molecule has 0 bridgehead atoms. The Morgan fingerprint density at radius 1 is 0.461 bits per heavy atom. The third-order valence-electron chi connectivity index (χ3n) is 9.64. The third-order valence-corrected chi connectivity index (χ3v) is 11.4. The molecule has 6 aromatic carbocycles. The first kappa shape index (κ1) is 99.0. The van der Waals surface area contributed by atoms with E-state index in [1.165, 1.54) is 47.3 Å². The summed E-state index contributed by atoms with van der Waals surface area (Å²) in [6.45, 7) is 36.1. The number of benzene rings is 6. The van der Waals surface area contributed by atoms with Gasteiger partial charge in [-0.15, -0.1) is 18.4 Å². The van der Waals surface area contributed by atoms with E-state index in [9.17, 15) is 55.0 Å². The van der Waals surface area contributed by atoms with Crippen LogP contribution in [0, 0.1) is 101 Å². The van der Waals surface area contributed by atoms with Crippen LogP contribution >= 0.6 is 15.9 Å². The van der Waals surface area contributed by atoms with Gasteiger partial charge in [-0.3, -0.25) is 50.6 Å². The van der Waals surface area contributed by atoms with Gasteiger partial charge in [0.2, 0.25) is 0 Å². The number of aryl methyl sites for hydroxylation is 5. The first-order chi connectivity index (χ1) is 40.3. The molecule has 2 aromatic heterocycles. The quantitative estimate of drug-likeness (QED) is 0.0557. The lowest BCUT2D eigenvalue weighted by molar-refractivity contribution is -0.385. The van der Waals surface area contributed by atoms with E-state index in [0.717, 1.165) is 67.6 Å². The van der Waals surface area contributed by atoms with Gasteiger partial charge in [-0.25, -0.2) is 4.39 Å². The lowest BCUT2D eigenvalue weighted by atomic mass is 10.1. The summed E-state index contributed by atoms with van der Waals surface area (Å²) < 4.78 is 16.9. The average Bonchev–Trinajstić information content (AvgIpc) is 3.42. The molecular weight excluding hydrogens is 1220 g/mol. The largest absolute Gasteiger partial charge is 0.399 e. The lowest BCUT2D eigenvalue weighted by Crippen LogP contribution is -2.16. The topological polar surface area (TPSA) is 252 Å². The second kappa shape index (κ2) is 56.7. The second-order valence-corrected chi connectivity index (χ2v) is 22.0. The molecule has 0 amide bonds. The first-order valence-electron chi connectivity index (χ1n) is 27.4. The smallest absolute Gasteiger partial charge is 0.270 e. The molecule has 0 saturated carbocycles. The molecule has 494 valence electrons. The van der Waals surface area contributed by atoms with Gasteiger partial charge in [-0.05, 0) is 80.4 Å². The maximum Gasteiger partial charge on any atom is 0.270 e. The summed E-state index contributed by atoms with van der Waals surface area (Å²) in [5.41, 5.74) is 16.1. The van der Waals surface area contributed by atoms with Crippen LogP contribution in [0.25, 0.3) is 21.8 Å². The fraction of sp³-hybridized carbons (Fsp3) is 0.353. The summed E-state index contributed by atoms with van der Waals surface area (Å²) in [7, 11) is 2.50. The molecule has 21 heteroatoms. The highest BCUT2D eigenvalue weighted by Crippen LogP contribution is 2.23. The van der Waals surface area contributed by atoms with Crippen molar-refractivity contribution >= 4 is 79.9 Å². The van der Waals surface area contributed by atoms with Gasteiger partial charge in [0.05, 0.1) is 24.6 Å². The van der Waals surface area contributed by atoms with Gasteiger partial charge in [0, 0.05) is 125 Å². The molecule has 0 radical (unpaired) electrons. The number of nitro groups is 5. The Kier molecular flexibility index (Phi) is 63.1. The Labute approximate surface area is 541 Å². The standard InChI is InChI=1S/C12H15NO2Si.C9H8N2O2.C9H10N2.C7H6BrNO2.C7H7NO2.C6H4FNO2.6C2H6.C2H2.4CH4/c1-10-5-6-12(13(14)15)9-11(10)7-8-16(2,3)4;1-10-5-4-7-6-8(11(12)13)2-3-9(7)10;1-11-5-4-7-6-8(10)2-3-9(7)11;1-5-2-3-6(9(10)11)4-7(5)8;1-6-2-4-7(5-3-6)8(9)10;7-5-1-3-6(4-2-5)8(9)10;7*1-2;;;;/h5-6,9H,1-4H3;2-6H,1H3;2-6H,10H2,1H3;2-4H,1H3;2-5H,1H3;1-4H;6*1-2H3;1-2H;4*1H4. The van der Waals surface area contributed by atoms with Crippen LogP contribution in [0.2, 0.25) is 19.6 Å². The number of fused-ring (bicyclic) bond motifs is 2. The van der Waals surface area contributed by atoms with Gasteiger partial charge >= 0.3 is 0 Å². The summed E-state index contributed by atoms with van der Waals surface area (Å²) in [5.74, 6) is 2.59. The number of anilines is 1. The van der Waals surface area contributed by atoms with Gasteiger partial charge in [0.15, 0.2) is 0 Å². The lowest BCUT2D eigenvalue weighted by Gasteiger charge is -2.04. The minimum Gasteiger partial charge on any atom is -0.399 e. The van der Waals surface area contributed by atoms with Crippen molar-refractivity contribution in [3.05, 3.63) is 229 Å². The Balaban J connectivity index is -0.000000118. The molecule has 0 spiro atoms. The molecule has 0 aliphatic heterocycles. The molecule has 89 heavy (non-hydrogen) atoms. The molecule has 0 saturated heterocycles. The van der Waals surface area contributed by atoms with Crippen LogP contribution in [0.1, 0.15) is 135 Å². The maximum atomic E-state index is 12.1. The van der Waals surface area contributed by atoms with E-state index in [4.69, 9.17) is 5.73 Å². The van der Waals surface area contributed by atoms with Crippen molar-refractivity contribution in [2.45, 2.75) is 153 Å². The zero-order valence-corrected chi connectivity index (χ0v) is 55.6. The van der Waals surface area contributed by atoms with Gasteiger partial charge in [0.25, 0.3) is 28.4 Å². The summed E-state index contributed by atoms with van der Waals surface area (Å²) >= 11 is 3.21. The predicted molar refractivity (Wildman–Crippen MR) is 386 cm³/mol. The van der Waals surface area contributed by atoms with Crippen molar-refractivity contribution in [1.82, 2.24) is 9.13 Å². The molecular formula is C68H104BrFN8O10Si. The monoisotopic (exact) mass is 1320 g/mol. The molecule has 8 rings (SSSR count). The number of halogens is 2. The number of nitrogens with two attached hydrogens (primary N) is 1. The van der Waals surface area contributed by atoms with E-state index in [1.54, 1.807) is 42.5 Å². The molecule has 0 aliphatic rings. The van der Waals surface area contributed by atoms with Crippen molar-refractivity contribution in [2.75, 3.05) is 5.73 Å². The van der Waals surface area contributed by atoms with Gasteiger partial charge in [-0.1, -0.05) is 184 Å². The van der Waals surface area contributed by atoms with Crippen LogP contribution in [0.5, 0.6) is 0 Å². The number of rotatable bonds is 5. The number of nitrogen functional groups attached to an aromatic ring is 1. The molecule has 0 aliphatic carbocycles. The van der Waals surface area contributed by atoms with Crippen LogP contribution in [0.4, 0.5) is 38.5 Å². The number of nitro benzene ring substituents is 5. The van der Waals surface area contributed by atoms with E-state index in [2.05, 4.69) is 70.5 Å². The first-order valence-corrected chi connectivity index (χ1v) is 31.7. The Morgan fingerprint density at radius 3 is 1.15 bits per heavy atom. The van der Waals surface area contributed by atoms with Crippen molar-refractivity contribution in [2.24, 2.45) is 14.1 Å². The molecule has 0 atom stereocenters. The number of hydrogen-bond acceptors (Lipinski definition) is 11. The number of aromatic nitrogens is 2. The SMILES string of the molecule is C.C.C.C.C#C.CC.CC.CC.CC.CC.CC.Cc1ccc([N+](=O)[O-])cc1.Cc1ccc([N+](=O)[O-])cc1Br.Cc1ccc([N+](=O)[O-])cc1C#C[Si](C)(C)C.Cn1ccc2cc(N)ccc21.Cn1ccc2cc([N+](=O)[O-])ccc21.O=[N+]([O-])c1ccc(F)cc1.